The number of aryl methyl sites for hydroxylation is 1. The van der Waals surface area contributed by atoms with E-state index in [4.69, 9.17) is 15.3 Å². The van der Waals surface area contributed by atoms with Crippen molar-refractivity contribution in [2.24, 2.45) is 0 Å². The predicted octanol–water partition coefficient (Wildman–Crippen LogP) is 3.78. The molecule has 0 saturated carbocycles. The van der Waals surface area contributed by atoms with E-state index in [-0.39, 0.29) is 5.91 Å². The first-order valence-electron chi connectivity index (χ1n) is 7.41. The van der Waals surface area contributed by atoms with Gasteiger partial charge in [0.25, 0.3) is 0 Å². The number of nitriles is 2. The fourth-order valence-corrected chi connectivity index (χ4v) is 1.86. The van der Waals surface area contributed by atoms with Crippen LogP contribution in [0.25, 0.3) is 0 Å². The Bertz CT molecular complexity index is 769. The molecule has 2 aromatic carbocycles. The van der Waals surface area contributed by atoms with E-state index in [0.29, 0.717) is 17.7 Å². The van der Waals surface area contributed by atoms with Crippen LogP contribution < -0.4 is 10.1 Å². The summed E-state index contributed by atoms with van der Waals surface area (Å²) in [5.41, 5.74) is 2.89. The fourth-order valence-electron chi connectivity index (χ4n) is 1.86. The zero-order chi connectivity index (χ0) is 17.9. The van der Waals surface area contributed by atoms with Gasteiger partial charge in [0.2, 0.25) is 5.91 Å². The summed E-state index contributed by atoms with van der Waals surface area (Å²) in [4.78, 5) is 10.7. The lowest BCUT2D eigenvalue weighted by atomic mass is 10.1. The Hall–Kier alpha value is -3.31. The van der Waals surface area contributed by atoms with Crippen LogP contribution in [-0.4, -0.2) is 12.5 Å². The van der Waals surface area contributed by atoms with Crippen LogP contribution in [0.4, 0.5) is 5.69 Å². The molecule has 2 aromatic rings. The van der Waals surface area contributed by atoms with Crippen molar-refractivity contribution in [3.63, 3.8) is 0 Å². The van der Waals surface area contributed by atoms with E-state index < -0.39 is 0 Å². The fraction of sp³-hybridized carbons (Fsp3) is 0.211. The first kappa shape index (κ1) is 18.7. The number of ether oxygens (including phenoxy) is 1. The highest BCUT2D eigenvalue weighted by atomic mass is 16.5. The Morgan fingerprint density at radius 2 is 1.79 bits per heavy atom. The van der Waals surface area contributed by atoms with Gasteiger partial charge < -0.3 is 10.1 Å². The summed E-state index contributed by atoms with van der Waals surface area (Å²) in [5.74, 6) is 0.704. The van der Waals surface area contributed by atoms with Crippen molar-refractivity contribution in [3.8, 4) is 17.9 Å². The Morgan fingerprint density at radius 1 is 1.12 bits per heavy atom. The minimum Gasteiger partial charge on any atom is -0.494 e. The number of amides is 1. The molecule has 2 rings (SSSR count). The Labute approximate surface area is 142 Å². The van der Waals surface area contributed by atoms with Gasteiger partial charge in [0.1, 0.15) is 5.75 Å². The molecule has 1 amide bonds. The lowest BCUT2D eigenvalue weighted by molar-refractivity contribution is -0.114. The monoisotopic (exact) mass is 321 g/mol. The molecule has 0 aliphatic rings. The predicted molar refractivity (Wildman–Crippen MR) is 92.5 cm³/mol. The van der Waals surface area contributed by atoms with Crippen molar-refractivity contribution >= 4 is 11.6 Å². The number of nitrogens with one attached hydrogen (secondary N) is 1. The first-order chi connectivity index (χ1) is 11.5. The number of hydrogen-bond acceptors (Lipinski definition) is 4. The van der Waals surface area contributed by atoms with Gasteiger partial charge in [0.15, 0.2) is 0 Å². The number of benzene rings is 2. The minimum atomic E-state index is -0.107. The number of carbonyl (C=O) groups is 1. The molecule has 0 aliphatic heterocycles. The quantitative estimate of drug-likeness (QED) is 0.932. The van der Waals surface area contributed by atoms with Crippen LogP contribution in [-0.2, 0) is 4.79 Å². The zero-order valence-corrected chi connectivity index (χ0v) is 14.0. The minimum absolute atomic E-state index is 0.107. The topological polar surface area (TPSA) is 85.9 Å². The van der Waals surface area contributed by atoms with Crippen molar-refractivity contribution in [1.29, 1.82) is 10.5 Å². The second kappa shape index (κ2) is 9.66. The van der Waals surface area contributed by atoms with E-state index in [1.165, 1.54) is 6.92 Å². The standard InChI is InChI=1S/C10H10N2O.C9H9NO/c1-7-5-10(12-8(2)13)4-3-9(7)6-11;1-2-11-9-5-3-8(7-10)4-6-9/h3-5H,1-2H3,(H,12,13);3-6H,2H2,1H3. The van der Waals surface area contributed by atoms with Crippen LogP contribution in [0, 0.1) is 29.6 Å². The van der Waals surface area contributed by atoms with E-state index in [1.54, 1.807) is 42.5 Å². The molecule has 0 radical (unpaired) electrons. The maximum absolute atomic E-state index is 10.7. The second-order valence-electron chi connectivity index (χ2n) is 4.89. The lowest BCUT2D eigenvalue weighted by Crippen LogP contribution is -2.05. The zero-order valence-electron chi connectivity index (χ0n) is 14.0. The van der Waals surface area contributed by atoms with Gasteiger partial charge in [-0.2, -0.15) is 10.5 Å². The first-order valence-corrected chi connectivity index (χ1v) is 7.41. The Morgan fingerprint density at radius 3 is 2.25 bits per heavy atom. The van der Waals surface area contributed by atoms with Gasteiger partial charge in [-0.05, 0) is 61.9 Å². The van der Waals surface area contributed by atoms with Crippen LogP contribution in [0.3, 0.4) is 0 Å². The highest BCUT2D eigenvalue weighted by molar-refractivity contribution is 5.88. The van der Waals surface area contributed by atoms with Gasteiger partial charge in [-0.3, -0.25) is 4.79 Å². The number of anilines is 1. The molecule has 0 fully saturated rings. The summed E-state index contributed by atoms with van der Waals surface area (Å²) in [6, 6.07) is 16.4. The number of rotatable bonds is 3. The molecule has 5 nitrogen and oxygen atoms in total. The molecule has 0 unspecified atom stereocenters. The summed E-state index contributed by atoms with van der Waals surface area (Å²) in [5, 5.41) is 19.8. The molecule has 0 bridgehead atoms. The van der Waals surface area contributed by atoms with Crippen molar-refractivity contribution in [1.82, 2.24) is 0 Å². The van der Waals surface area contributed by atoms with Crippen LogP contribution in [0.5, 0.6) is 5.75 Å². The molecule has 0 heterocycles. The molecule has 5 heteroatoms. The molecular formula is C19H19N3O2. The van der Waals surface area contributed by atoms with Crippen molar-refractivity contribution < 1.29 is 9.53 Å². The third kappa shape index (κ3) is 6.21. The molecule has 0 aliphatic carbocycles. The van der Waals surface area contributed by atoms with Crippen molar-refractivity contribution in [3.05, 3.63) is 59.2 Å². The van der Waals surface area contributed by atoms with Crippen LogP contribution in [0.2, 0.25) is 0 Å². The molecule has 24 heavy (non-hydrogen) atoms. The average Bonchev–Trinajstić information content (AvgIpc) is 2.56. The molecule has 1 N–H and O–H groups in total. The van der Waals surface area contributed by atoms with Crippen molar-refractivity contribution in [2.75, 3.05) is 11.9 Å². The highest BCUT2D eigenvalue weighted by Gasteiger charge is 1.99. The highest BCUT2D eigenvalue weighted by Crippen LogP contribution is 2.14. The van der Waals surface area contributed by atoms with Gasteiger partial charge in [-0.1, -0.05) is 0 Å². The van der Waals surface area contributed by atoms with Gasteiger partial charge in [-0.25, -0.2) is 0 Å². The normalized spacial score (nSPS) is 8.88. The number of carbonyl (C=O) groups excluding carboxylic acids is 1. The smallest absolute Gasteiger partial charge is 0.221 e. The summed E-state index contributed by atoms with van der Waals surface area (Å²) in [6.45, 7) is 5.88. The molecule has 0 atom stereocenters. The van der Waals surface area contributed by atoms with Gasteiger partial charge >= 0.3 is 0 Å². The van der Waals surface area contributed by atoms with Gasteiger partial charge in [0.05, 0.1) is 29.9 Å². The number of nitrogens with zero attached hydrogens (tertiary/aromatic N) is 2. The molecular weight excluding hydrogens is 302 g/mol. The largest absolute Gasteiger partial charge is 0.494 e. The van der Waals surface area contributed by atoms with E-state index in [1.807, 2.05) is 19.9 Å². The van der Waals surface area contributed by atoms with E-state index in [2.05, 4.69) is 11.4 Å². The van der Waals surface area contributed by atoms with E-state index >= 15 is 0 Å². The maximum Gasteiger partial charge on any atom is 0.221 e. The lowest BCUT2D eigenvalue weighted by Gasteiger charge is -2.03. The SMILES string of the molecule is CC(=O)Nc1ccc(C#N)c(C)c1.CCOc1ccc(C#N)cc1. The number of hydrogen-bond donors (Lipinski definition) is 1. The summed E-state index contributed by atoms with van der Waals surface area (Å²) >= 11 is 0. The third-order valence-corrected chi connectivity index (χ3v) is 2.96. The van der Waals surface area contributed by atoms with Gasteiger partial charge in [-0.15, -0.1) is 0 Å². The van der Waals surface area contributed by atoms with E-state index in [0.717, 1.165) is 17.0 Å². The molecule has 122 valence electrons. The van der Waals surface area contributed by atoms with Crippen LogP contribution >= 0.6 is 0 Å². The average molecular weight is 321 g/mol. The third-order valence-electron chi connectivity index (χ3n) is 2.96. The molecule has 0 spiro atoms. The molecule has 0 aromatic heterocycles. The second-order valence-corrected chi connectivity index (χ2v) is 4.89. The van der Waals surface area contributed by atoms with Crippen molar-refractivity contribution in [2.45, 2.75) is 20.8 Å². The van der Waals surface area contributed by atoms with Crippen LogP contribution in [0.15, 0.2) is 42.5 Å². The van der Waals surface area contributed by atoms with Crippen LogP contribution in [0.1, 0.15) is 30.5 Å². The summed E-state index contributed by atoms with van der Waals surface area (Å²) < 4.78 is 5.20. The summed E-state index contributed by atoms with van der Waals surface area (Å²) in [7, 11) is 0. The van der Waals surface area contributed by atoms with Gasteiger partial charge in [0, 0.05) is 12.6 Å². The molecule has 0 saturated heterocycles. The van der Waals surface area contributed by atoms with E-state index in [9.17, 15) is 4.79 Å². The summed E-state index contributed by atoms with van der Waals surface area (Å²) in [6.07, 6.45) is 0. The Kier molecular flexibility index (Phi) is 7.54. The Balaban J connectivity index is 0.000000243. The maximum atomic E-state index is 10.7.